The molecule has 2 N–H and O–H groups in total. The fourth-order valence-electron chi connectivity index (χ4n) is 3.33. The van der Waals surface area contributed by atoms with Crippen molar-refractivity contribution in [3.8, 4) is 0 Å². The molecular formula is C15H21NO. The maximum Gasteiger partial charge on any atom is 0.0775 e. The van der Waals surface area contributed by atoms with Crippen LogP contribution in [0.3, 0.4) is 0 Å². The van der Waals surface area contributed by atoms with Gasteiger partial charge in [-0.05, 0) is 36.4 Å². The Morgan fingerprint density at radius 1 is 1.18 bits per heavy atom. The molecule has 1 aromatic rings. The molecule has 92 valence electrons. The van der Waals surface area contributed by atoms with Gasteiger partial charge in [0.05, 0.1) is 12.1 Å². The lowest BCUT2D eigenvalue weighted by atomic mass is 10.1. The molecule has 1 fully saturated rings. The highest BCUT2D eigenvalue weighted by Crippen LogP contribution is 2.32. The third kappa shape index (κ3) is 2.24. The molecule has 2 aliphatic rings. The molecular weight excluding hydrogens is 210 g/mol. The van der Waals surface area contributed by atoms with Crippen LogP contribution < -0.4 is 5.32 Å². The van der Waals surface area contributed by atoms with E-state index in [-0.39, 0.29) is 12.1 Å². The van der Waals surface area contributed by atoms with Crippen molar-refractivity contribution < 1.29 is 5.11 Å². The van der Waals surface area contributed by atoms with Crippen molar-refractivity contribution in [2.45, 2.75) is 44.2 Å². The van der Waals surface area contributed by atoms with Crippen LogP contribution in [-0.2, 0) is 6.42 Å². The third-order valence-corrected chi connectivity index (χ3v) is 4.31. The molecule has 0 aliphatic heterocycles. The molecule has 3 rings (SSSR count). The fraction of sp³-hybridized carbons (Fsp3) is 0.600. The molecule has 0 saturated heterocycles. The molecule has 0 heterocycles. The first-order valence-electron chi connectivity index (χ1n) is 6.84. The van der Waals surface area contributed by atoms with Gasteiger partial charge in [0.25, 0.3) is 0 Å². The summed E-state index contributed by atoms with van der Waals surface area (Å²) in [5, 5.41) is 13.7. The van der Waals surface area contributed by atoms with Crippen LogP contribution in [-0.4, -0.2) is 17.8 Å². The van der Waals surface area contributed by atoms with Gasteiger partial charge in [-0.3, -0.25) is 0 Å². The Balaban J connectivity index is 1.66. The van der Waals surface area contributed by atoms with Gasteiger partial charge in [-0.25, -0.2) is 0 Å². The molecule has 1 saturated carbocycles. The van der Waals surface area contributed by atoms with Crippen molar-refractivity contribution in [3.63, 3.8) is 0 Å². The van der Waals surface area contributed by atoms with Crippen molar-refractivity contribution in [2.75, 3.05) is 6.54 Å². The summed E-state index contributed by atoms with van der Waals surface area (Å²) < 4.78 is 0. The molecule has 1 aromatic carbocycles. The van der Waals surface area contributed by atoms with Gasteiger partial charge in [-0.15, -0.1) is 0 Å². The van der Waals surface area contributed by atoms with Crippen molar-refractivity contribution in [2.24, 2.45) is 5.92 Å². The monoisotopic (exact) mass is 231 g/mol. The number of fused-ring (bicyclic) bond motifs is 1. The summed E-state index contributed by atoms with van der Waals surface area (Å²) in [6, 6.07) is 8.58. The maximum absolute atomic E-state index is 10.1. The van der Waals surface area contributed by atoms with Gasteiger partial charge in [0, 0.05) is 6.42 Å². The normalized spacial score (nSPS) is 28.5. The lowest BCUT2D eigenvalue weighted by Crippen LogP contribution is -2.32. The molecule has 0 amide bonds. The van der Waals surface area contributed by atoms with Crippen molar-refractivity contribution >= 4 is 0 Å². The zero-order chi connectivity index (χ0) is 11.7. The quantitative estimate of drug-likeness (QED) is 0.837. The van der Waals surface area contributed by atoms with Gasteiger partial charge in [0.1, 0.15) is 0 Å². The van der Waals surface area contributed by atoms with Crippen LogP contribution in [0, 0.1) is 5.92 Å². The minimum atomic E-state index is -0.242. The molecule has 2 aliphatic carbocycles. The lowest BCUT2D eigenvalue weighted by Gasteiger charge is -2.20. The van der Waals surface area contributed by atoms with Gasteiger partial charge in [-0.1, -0.05) is 37.1 Å². The Morgan fingerprint density at radius 2 is 1.94 bits per heavy atom. The highest BCUT2D eigenvalue weighted by Gasteiger charge is 2.30. The van der Waals surface area contributed by atoms with E-state index in [9.17, 15) is 5.11 Å². The summed E-state index contributed by atoms with van der Waals surface area (Å²) >= 11 is 0. The van der Waals surface area contributed by atoms with E-state index in [0.717, 1.165) is 18.9 Å². The van der Waals surface area contributed by atoms with Crippen molar-refractivity contribution in [1.29, 1.82) is 0 Å². The lowest BCUT2D eigenvalue weighted by molar-refractivity contribution is 0.139. The molecule has 0 aromatic heterocycles. The van der Waals surface area contributed by atoms with E-state index >= 15 is 0 Å². The van der Waals surface area contributed by atoms with Crippen LogP contribution in [0.2, 0.25) is 0 Å². The number of hydrogen-bond donors (Lipinski definition) is 2. The highest BCUT2D eigenvalue weighted by atomic mass is 16.3. The Hall–Kier alpha value is -0.860. The van der Waals surface area contributed by atoms with Gasteiger partial charge in [0.15, 0.2) is 0 Å². The Bertz CT molecular complexity index is 384. The predicted molar refractivity (Wildman–Crippen MR) is 68.9 cm³/mol. The third-order valence-electron chi connectivity index (χ3n) is 4.31. The van der Waals surface area contributed by atoms with E-state index in [2.05, 4.69) is 29.6 Å². The molecule has 2 heteroatoms. The van der Waals surface area contributed by atoms with Gasteiger partial charge < -0.3 is 10.4 Å². The molecule has 2 unspecified atom stereocenters. The van der Waals surface area contributed by atoms with Gasteiger partial charge in [-0.2, -0.15) is 0 Å². The second kappa shape index (κ2) is 4.79. The first-order valence-corrected chi connectivity index (χ1v) is 6.84. The van der Waals surface area contributed by atoms with E-state index in [4.69, 9.17) is 0 Å². The van der Waals surface area contributed by atoms with E-state index in [1.54, 1.807) is 0 Å². The molecule has 2 nitrogen and oxygen atoms in total. The summed E-state index contributed by atoms with van der Waals surface area (Å²) in [5.74, 6) is 0.829. The van der Waals surface area contributed by atoms with Gasteiger partial charge in [0.2, 0.25) is 0 Å². The van der Waals surface area contributed by atoms with Crippen LogP contribution in [0.1, 0.15) is 42.9 Å². The van der Waals surface area contributed by atoms with Gasteiger partial charge >= 0.3 is 0 Å². The Kier molecular flexibility index (Phi) is 3.17. The van der Waals surface area contributed by atoms with Crippen LogP contribution in [0.15, 0.2) is 24.3 Å². The maximum atomic E-state index is 10.1. The number of benzene rings is 1. The average Bonchev–Trinajstić information content (AvgIpc) is 2.93. The largest absolute Gasteiger partial charge is 0.391 e. The molecule has 0 radical (unpaired) electrons. The number of rotatable bonds is 3. The standard InChI is InChI=1S/C15H21NO/c17-14-9-12-7-3-4-8-13(12)15(14)16-10-11-5-1-2-6-11/h3-4,7-8,11,14-17H,1-2,5-6,9-10H2. The summed E-state index contributed by atoms with van der Waals surface area (Å²) in [6.07, 6.45) is 6.05. The zero-order valence-electron chi connectivity index (χ0n) is 10.2. The molecule has 0 spiro atoms. The zero-order valence-corrected chi connectivity index (χ0v) is 10.2. The Labute approximate surface area is 103 Å². The number of hydrogen-bond acceptors (Lipinski definition) is 2. The van der Waals surface area contributed by atoms with Crippen molar-refractivity contribution in [3.05, 3.63) is 35.4 Å². The van der Waals surface area contributed by atoms with E-state index in [1.807, 2.05) is 0 Å². The SMILES string of the molecule is OC1Cc2ccccc2C1NCC1CCCC1. The van der Waals surface area contributed by atoms with E-state index in [1.165, 1.54) is 36.8 Å². The molecule has 2 atom stereocenters. The van der Waals surface area contributed by atoms with E-state index < -0.39 is 0 Å². The topological polar surface area (TPSA) is 32.3 Å². The first kappa shape index (κ1) is 11.2. The summed E-state index contributed by atoms with van der Waals surface area (Å²) in [4.78, 5) is 0. The summed E-state index contributed by atoms with van der Waals surface area (Å²) in [5.41, 5.74) is 2.61. The minimum Gasteiger partial charge on any atom is -0.391 e. The molecule has 0 bridgehead atoms. The number of nitrogens with one attached hydrogen (secondary N) is 1. The second-order valence-corrected chi connectivity index (χ2v) is 5.51. The fourth-order valence-corrected chi connectivity index (χ4v) is 3.33. The summed E-state index contributed by atoms with van der Waals surface area (Å²) in [6.45, 7) is 1.07. The smallest absolute Gasteiger partial charge is 0.0775 e. The van der Waals surface area contributed by atoms with Crippen molar-refractivity contribution in [1.82, 2.24) is 5.32 Å². The second-order valence-electron chi connectivity index (χ2n) is 5.51. The average molecular weight is 231 g/mol. The first-order chi connectivity index (χ1) is 8.34. The number of aliphatic hydroxyl groups excluding tert-OH is 1. The predicted octanol–water partition coefficient (Wildman–Crippen LogP) is 2.42. The van der Waals surface area contributed by atoms with E-state index in [0.29, 0.717) is 0 Å². The van der Waals surface area contributed by atoms with Crippen LogP contribution >= 0.6 is 0 Å². The minimum absolute atomic E-state index is 0.159. The van der Waals surface area contributed by atoms with Crippen LogP contribution in [0.25, 0.3) is 0 Å². The highest BCUT2D eigenvalue weighted by molar-refractivity contribution is 5.36. The Morgan fingerprint density at radius 3 is 2.76 bits per heavy atom. The molecule has 17 heavy (non-hydrogen) atoms. The summed E-state index contributed by atoms with van der Waals surface area (Å²) in [7, 11) is 0. The number of aliphatic hydroxyl groups is 1. The van der Waals surface area contributed by atoms with Crippen LogP contribution in [0.5, 0.6) is 0 Å². The van der Waals surface area contributed by atoms with Crippen LogP contribution in [0.4, 0.5) is 0 Å².